The molecule has 0 bridgehead atoms. The molecule has 1 saturated heterocycles. The Balaban J connectivity index is 1.66. The maximum atomic E-state index is 13.2. The Morgan fingerprint density at radius 2 is 1.76 bits per heavy atom. The van der Waals surface area contributed by atoms with Gasteiger partial charge in [0, 0.05) is 25.1 Å². The average molecular weight is 418 g/mol. The van der Waals surface area contributed by atoms with Crippen LogP contribution >= 0.6 is 0 Å². The number of nitrogens with one attached hydrogen (secondary N) is 1. The minimum absolute atomic E-state index is 0.114. The highest BCUT2D eigenvalue weighted by Crippen LogP contribution is 2.29. The normalized spacial score (nSPS) is 15.9. The van der Waals surface area contributed by atoms with E-state index in [0.29, 0.717) is 42.4 Å². The zero-order valence-electron chi connectivity index (χ0n) is 17.2. The quantitative estimate of drug-likeness (QED) is 0.808. The molecule has 0 aliphatic carbocycles. The average Bonchev–Trinajstić information content (AvgIpc) is 2.67. The zero-order valence-corrected chi connectivity index (χ0v) is 18.0. The van der Waals surface area contributed by atoms with E-state index in [0.717, 1.165) is 16.7 Å². The lowest BCUT2D eigenvalue weighted by Crippen LogP contribution is -2.41. The van der Waals surface area contributed by atoms with Gasteiger partial charge in [-0.15, -0.1) is 0 Å². The van der Waals surface area contributed by atoms with E-state index in [2.05, 4.69) is 10.3 Å². The van der Waals surface area contributed by atoms with Crippen LogP contribution in [0.5, 0.6) is 5.88 Å². The van der Waals surface area contributed by atoms with Crippen molar-refractivity contribution in [2.45, 2.75) is 38.5 Å². The second-order valence-electron chi connectivity index (χ2n) is 7.48. The molecule has 156 valence electrons. The lowest BCUT2D eigenvalue weighted by Gasteiger charge is -2.31. The highest BCUT2D eigenvalue weighted by atomic mass is 32.2. The van der Waals surface area contributed by atoms with Crippen LogP contribution in [0.3, 0.4) is 0 Å². The van der Waals surface area contributed by atoms with Crippen LogP contribution in [0.2, 0.25) is 0 Å². The number of ether oxygens (including phenoxy) is 1. The number of aryl methyl sites for hydroxylation is 3. The first-order chi connectivity index (χ1) is 13.7. The SMILES string of the molecule is COc1ccc(NC(=O)C2CCN(S(=O)(=O)c3c(C)cc(C)cc3C)CC2)cn1. The first-order valence-corrected chi connectivity index (χ1v) is 11.1. The third kappa shape index (κ3) is 4.59. The molecular formula is C21H27N3O4S. The molecule has 1 fully saturated rings. The summed E-state index contributed by atoms with van der Waals surface area (Å²) in [5, 5.41) is 2.85. The smallest absolute Gasteiger partial charge is 0.243 e. The summed E-state index contributed by atoms with van der Waals surface area (Å²) in [7, 11) is -2.05. The third-order valence-electron chi connectivity index (χ3n) is 5.24. The standard InChI is InChI=1S/C21H27N3O4S/c1-14-11-15(2)20(16(3)12-14)29(26,27)24-9-7-17(8-10-24)21(25)23-18-5-6-19(28-4)22-13-18/h5-6,11-13,17H,7-10H2,1-4H3,(H,23,25). The number of methoxy groups -OCH3 is 1. The fraction of sp³-hybridized carbons (Fsp3) is 0.429. The molecule has 0 spiro atoms. The number of aromatic nitrogens is 1. The van der Waals surface area contributed by atoms with E-state index in [1.165, 1.54) is 11.4 Å². The number of carbonyl (C=O) groups excluding carboxylic acids is 1. The summed E-state index contributed by atoms with van der Waals surface area (Å²) in [5.41, 5.74) is 3.16. The van der Waals surface area contributed by atoms with Crippen molar-refractivity contribution in [2.75, 3.05) is 25.5 Å². The van der Waals surface area contributed by atoms with Crippen molar-refractivity contribution < 1.29 is 17.9 Å². The fourth-order valence-electron chi connectivity index (χ4n) is 3.88. The first kappa shape index (κ1) is 21.3. The Hall–Kier alpha value is -2.45. The van der Waals surface area contributed by atoms with Crippen molar-refractivity contribution in [3.05, 3.63) is 47.2 Å². The molecule has 7 nitrogen and oxygen atoms in total. The number of hydrogen-bond donors (Lipinski definition) is 1. The molecule has 3 rings (SSSR count). The topological polar surface area (TPSA) is 88.6 Å². The van der Waals surface area contributed by atoms with Gasteiger partial charge in [-0.05, 0) is 50.8 Å². The molecule has 1 amide bonds. The van der Waals surface area contributed by atoms with Gasteiger partial charge in [0.2, 0.25) is 21.8 Å². The predicted octanol–water partition coefficient (Wildman–Crippen LogP) is 3.05. The van der Waals surface area contributed by atoms with Crippen molar-refractivity contribution in [1.82, 2.24) is 9.29 Å². The van der Waals surface area contributed by atoms with E-state index >= 15 is 0 Å². The molecule has 1 aromatic heterocycles. The first-order valence-electron chi connectivity index (χ1n) is 9.61. The minimum atomic E-state index is -3.58. The minimum Gasteiger partial charge on any atom is -0.481 e. The second-order valence-corrected chi connectivity index (χ2v) is 9.36. The van der Waals surface area contributed by atoms with Crippen LogP contribution < -0.4 is 10.1 Å². The van der Waals surface area contributed by atoms with Gasteiger partial charge >= 0.3 is 0 Å². The van der Waals surface area contributed by atoms with Crippen LogP contribution in [0.4, 0.5) is 5.69 Å². The number of sulfonamides is 1. The fourth-order valence-corrected chi connectivity index (χ4v) is 5.76. The molecule has 1 aliphatic heterocycles. The van der Waals surface area contributed by atoms with Crippen molar-refractivity contribution in [1.29, 1.82) is 0 Å². The Bertz CT molecular complexity index is 972. The summed E-state index contributed by atoms with van der Waals surface area (Å²) in [4.78, 5) is 17.0. The molecule has 1 aromatic carbocycles. The Kier molecular flexibility index (Phi) is 6.24. The molecule has 29 heavy (non-hydrogen) atoms. The van der Waals surface area contributed by atoms with Crippen molar-refractivity contribution in [3.63, 3.8) is 0 Å². The summed E-state index contributed by atoms with van der Waals surface area (Å²) >= 11 is 0. The number of anilines is 1. The van der Waals surface area contributed by atoms with E-state index in [-0.39, 0.29) is 11.8 Å². The van der Waals surface area contributed by atoms with Crippen molar-refractivity contribution in [3.8, 4) is 5.88 Å². The summed E-state index contributed by atoms with van der Waals surface area (Å²) in [6.07, 6.45) is 2.51. The van der Waals surface area contributed by atoms with Gasteiger partial charge in [0.05, 0.1) is 23.9 Å². The van der Waals surface area contributed by atoms with Gasteiger partial charge in [0.15, 0.2) is 0 Å². The predicted molar refractivity (Wildman–Crippen MR) is 112 cm³/mol. The molecule has 1 aliphatic rings. The van der Waals surface area contributed by atoms with Gasteiger partial charge in [-0.2, -0.15) is 4.31 Å². The molecular weight excluding hydrogens is 390 g/mol. The zero-order chi connectivity index (χ0) is 21.2. The van der Waals surface area contributed by atoms with E-state index in [1.807, 2.05) is 32.9 Å². The van der Waals surface area contributed by atoms with Crippen LogP contribution in [-0.4, -0.2) is 43.8 Å². The van der Waals surface area contributed by atoms with Crippen LogP contribution in [0.25, 0.3) is 0 Å². The Morgan fingerprint density at radius 3 is 2.28 bits per heavy atom. The van der Waals surface area contributed by atoms with E-state index in [4.69, 9.17) is 4.74 Å². The summed E-state index contributed by atoms with van der Waals surface area (Å²) in [5.74, 6) is 0.128. The van der Waals surface area contributed by atoms with E-state index < -0.39 is 10.0 Å². The molecule has 0 unspecified atom stereocenters. The van der Waals surface area contributed by atoms with Crippen molar-refractivity contribution >= 4 is 21.6 Å². The Labute approximate surface area is 172 Å². The van der Waals surface area contributed by atoms with Gasteiger partial charge in [-0.3, -0.25) is 4.79 Å². The lowest BCUT2D eigenvalue weighted by atomic mass is 9.97. The molecule has 1 N–H and O–H groups in total. The lowest BCUT2D eigenvalue weighted by molar-refractivity contribution is -0.120. The van der Waals surface area contributed by atoms with Gasteiger partial charge < -0.3 is 10.1 Å². The number of rotatable bonds is 5. The van der Waals surface area contributed by atoms with Gasteiger partial charge in [-0.25, -0.2) is 13.4 Å². The maximum absolute atomic E-state index is 13.2. The second kappa shape index (κ2) is 8.51. The molecule has 0 atom stereocenters. The Morgan fingerprint density at radius 1 is 1.14 bits per heavy atom. The van der Waals surface area contributed by atoms with E-state index in [9.17, 15) is 13.2 Å². The molecule has 0 radical (unpaired) electrons. The summed E-state index contributed by atoms with van der Waals surface area (Å²) in [6.45, 7) is 6.27. The van der Waals surface area contributed by atoms with Crippen LogP contribution in [0, 0.1) is 26.7 Å². The molecule has 2 heterocycles. The summed E-state index contributed by atoms with van der Waals surface area (Å²) in [6, 6.07) is 7.19. The van der Waals surface area contributed by atoms with E-state index in [1.54, 1.807) is 18.3 Å². The monoisotopic (exact) mass is 417 g/mol. The number of pyridine rings is 1. The number of hydrogen-bond acceptors (Lipinski definition) is 5. The van der Waals surface area contributed by atoms with Crippen molar-refractivity contribution in [2.24, 2.45) is 5.92 Å². The van der Waals surface area contributed by atoms with Gasteiger partial charge in [0.25, 0.3) is 0 Å². The molecule has 0 saturated carbocycles. The van der Waals surface area contributed by atoms with Crippen LogP contribution in [0.15, 0.2) is 35.4 Å². The third-order valence-corrected chi connectivity index (χ3v) is 7.45. The maximum Gasteiger partial charge on any atom is 0.243 e. The number of amides is 1. The van der Waals surface area contributed by atoms with Gasteiger partial charge in [0.1, 0.15) is 0 Å². The van der Waals surface area contributed by atoms with Crippen LogP contribution in [0.1, 0.15) is 29.5 Å². The van der Waals surface area contributed by atoms with Gasteiger partial charge in [-0.1, -0.05) is 17.7 Å². The number of benzene rings is 1. The number of nitrogens with zero attached hydrogens (tertiary/aromatic N) is 2. The number of carbonyl (C=O) groups is 1. The highest BCUT2D eigenvalue weighted by Gasteiger charge is 2.33. The highest BCUT2D eigenvalue weighted by molar-refractivity contribution is 7.89. The molecule has 8 heteroatoms. The summed E-state index contributed by atoms with van der Waals surface area (Å²) < 4.78 is 32.9. The van der Waals surface area contributed by atoms with Crippen LogP contribution in [-0.2, 0) is 14.8 Å². The molecule has 2 aromatic rings. The number of piperidine rings is 1. The largest absolute Gasteiger partial charge is 0.481 e.